The van der Waals surface area contributed by atoms with E-state index in [1.165, 1.54) is 10.9 Å². The molecule has 1 aromatic carbocycles. The van der Waals surface area contributed by atoms with Crippen molar-refractivity contribution >= 4 is 10.9 Å². The quantitative estimate of drug-likeness (QED) is 0.894. The van der Waals surface area contributed by atoms with Crippen LogP contribution in [0.1, 0.15) is 19.0 Å². The molecule has 1 N–H and O–H groups in total. The molecule has 2 heterocycles. The maximum atomic E-state index is 5.92. The number of aryl methyl sites for hydroxylation is 1. The number of ether oxygens (including phenoxy) is 1. The molecule has 1 aromatic heterocycles. The third-order valence-corrected chi connectivity index (χ3v) is 3.50. The Morgan fingerprint density at radius 3 is 3.11 bits per heavy atom. The number of para-hydroxylation sites is 1. The molecule has 0 saturated carbocycles. The lowest BCUT2D eigenvalue weighted by atomic mass is 10.2. The van der Waals surface area contributed by atoms with Crippen molar-refractivity contribution in [2.75, 3.05) is 13.1 Å². The van der Waals surface area contributed by atoms with Gasteiger partial charge in [-0.15, -0.1) is 0 Å². The third kappa shape index (κ3) is 2.13. The van der Waals surface area contributed by atoms with Crippen LogP contribution in [0.4, 0.5) is 0 Å². The number of fused-ring (bicyclic) bond motifs is 1. The Labute approximate surface area is 107 Å². The van der Waals surface area contributed by atoms with Crippen LogP contribution in [0.15, 0.2) is 24.3 Å². The van der Waals surface area contributed by atoms with Crippen molar-refractivity contribution in [1.29, 1.82) is 0 Å². The number of aromatic nitrogens is 2. The number of nitrogens with one attached hydrogen (secondary N) is 1. The highest BCUT2D eigenvalue weighted by Gasteiger charge is 2.16. The Balaban J connectivity index is 1.82. The summed E-state index contributed by atoms with van der Waals surface area (Å²) in [5, 5.41) is 9.16. The molecule has 4 heteroatoms. The molecule has 0 bridgehead atoms. The molecule has 1 unspecified atom stereocenters. The number of nitrogens with zero attached hydrogens (tertiary/aromatic N) is 2. The molecule has 0 aliphatic carbocycles. The molecule has 96 valence electrons. The molecular formula is C14H19N3O. The van der Waals surface area contributed by atoms with E-state index in [2.05, 4.69) is 41.6 Å². The van der Waals surface area contributed by atoms with Crippen LogP contribution in [0.25, 0.3) is 10.9 Å². The van der Waals surface area contributed by atoms with Crippen LogP contribution in [-0.2, 0) is 17.9 Å². The first-order valence-electron chi connectivity index (χ1n) is 6.65. The average molecular weight is 245 g/mol. The summed E-state index contributed by atoms with van der Waals surface area (Å²) in [6.07, 6.45) is 1.45. The maximum absolute atomic E-state index is 5.92. The largest absolute Gasteiger partial charge is 0.370 e. The van der Waals surface area contributed by atoms with Gasteiger partial charge in [-0.05, 0) is 26.0 Å². The number of rotatable bonds is 4. The summed E-state index contributed by atoms with van der Waals surface area (Å²) in [6, 6.07) is 8.36. The van der Waals surface area contributed by atoms with Crippen LogP contribution >= 0.6 is 0 Å². The summed E-state index contributed by atoms with van der Waals surface area (Å²) in [5.74, 6) is 0. The summed E-state index contributed by atoms with van der Waals surface area (Å²) in [4.78, 5) is 0. The maximum Gasteiger partial charge on any atom is 0.0960 e. The van der Waals surface area contributed by atoms with E-state index in [0.29, 0.717) is 12.7 Å². The Morgan fingerprint density at radius 2 is 2.33 bits per heavy atom. The first-order valence-corrected chi connectivity index (χ1v) is 6.65. The van der Waals surface area contributed by atoms with Gasteiger partial charge < -0.3 is 10.1 Å². The lowest BCUT2D eigenvalue weighted by Crippen LogP contribution is -2.16. The van der Waals surface area contributed by atoms with Gasteiger partial charge in [0, 0.05) is 18.5 Å². The van der Waals surface area contributed by atoms with E-state index in [9.17, 15) is 0 Å². The van der Waals surface area contributed by atoms with E-state index >= 15 is 0 Å². The minimum atomic E-state index is 0.343. The topological polar surface area (TPSA) is 39.1 Å². The zero-order chi connectivity index (χ0) is 12.4. The molecule has 0 amide bonds. The van der Waals surface area contributed by atoms with E-state index in [1.54, 1.807) is 0 Å². The first kappa shape index (κ1) is 11.7. The number of hydrogen-bond donors (Lipinski definition) is 1. The van der Waals surface area contributed by atoms with Gasteiger partial charge in [-0.2, -0.15) is 5.10 Å². The molecule has 1 atom stereocenters. The fourth-order valence-corrected chi connectivity index (χ4v) is 2.51. The lowest BCUT2D eigenvalue weighted by Gasteiger charge is -2.08. The van der Waals surface area contributed by atoms with Crippen molar-refractivity contribution in [2.45, 2.75) is 32.6 Å². The molecule has 1 aliphatic rings. The normalized spacial score (nSPS) is 19.7. The molecule has 1 aliphatic heterocycles. The summed E-state index contributed by atoms with van der Waals surface area (Å²) < 4.78 is 7.96. The van der Waals surface area contributed by atoms with Gasteiger partial charge in [0.2, 0.25) is 0 Å². The van der Waals surface area contributed by atoms with Crippen LogP contribution in [0.5, 0.6) is 0 Å². The molecule has 18 heavy (non-hydrogen) atoms. The van der Waals surface area contributed by atoms with Gasteiger partial charge in [-0.3, -0.25) is 4.68 Å². The molecule has 1 saturated heterocycles. The van der Waals surface area contributed by atoms with E-state index in [1.807, 2.05) is 4.68 Å². The number of benzene rings is 1. The highest BCUT2D eigenvalue weighted by atomic mass is 16.5. The highest BCUT2D eigenvalue weighted by molar-refractivity contribution is 5.81. The minimum absolute atomic E-state index is 0.343. The third-order valence-electron chi connectivity index (χ3n) is 3.50. The monoisotopic (exact) mass is 245 g/mol. The first-order chi connectivity index (χ1) is 8.88. The molecule has 4 nitrogen and oxygen atoms in total. The highest BCUT2D eigenvalue weighted by Crippen LogP contribution is 2.20. The summed E-state index contributed by atoms with van der Waals surface area (Å²) in [5.41, 5.74) is 2.25. The van der Waals surface area contributed by atoms with Gasteiger partial charge in [-0.25, -0.2) is 0 Å². The van der Waals surface area contributed by atoms with Gasteiger partial charge in [0.15, 0.2) is 0 Å². The van der Waals surface area contributed by atoms with Crippen molar-refractivity contribution in [3.63, 3.8) is 0 Å². The second-order valence-corrected chi connectivity index (χ2v) is 4.71. The fourth-order valence-electron chi connectivity index (χ4n) is 2.51. The zero-order valence-corrected chi connectivity index (χ0v) is 10.7. The van der Waals surface area contributed by atoms with Crippen molar-refractivity contribution in [2.24, 2.45) is 0 Å². The van der Waals surface area contributed by atoms with Gasteiger partial charge in [-0.1, -0.05) is 18.2 Å². The second-order valence-electron chi connectivity index (χ2n) is 4.71. The van der Waals surface area contributed by atoms with Gasteiger partial charge in [0.1, 0.15) is 0 Å². The van der Waals surface area contributed by atoms with E-state index < -0.39 is 0 Å². The predicted octanol–water partition coefficient (Wildman–Crippen LogP) is 1.93. The van der Waals surface area contributed by atoms with Crippen molar-refractivity contribution in [3.05, 3.63) is 30.0 Å². The Hall–Kier alpha value is -1.39. The Bertz CT molecular complexity index is 529. The standard InChI is InChI=1S/C14H19N3O/c1-2-17-14-6-4-3-5-12(14)13(16-17)10-18-11-7-8-15-9-11/h3-6,11,15H,2,7-10H2,1H3. The van der Waals surface area contributed by atoms with Crippen LogP contribution in [0, 0.1) is 0 Å². The summed E-state index contributed by atoms with van der Waals surface area (Å²) >= 11 is 0. The van der Waals surface area contributed by atoms with Crippen LogP contribution in [0.2, 0.25) is 0 Å². The summed E-state index contributed by atoms with van der Waals surface area (Å²) in [7, 11) is 0. The SMILES string of the molecule is CCn1nc(COC2CCNC2)c2ccccc21. The molecule has 0 spiro atoms. The van der Waals surface area contributed by atoms with Crippen LogP contribution in [0.3, 0.4) is 0 Å². The fraction of sp³-hybridized carbons (Fsp3) is 0.500. The zero-order valence-electron chi connectivity index (χ0n) is 10.7. The Morgan fingerprint density at radius 1 is 1.44 bits per heavy atom. The molecule has 3 rings (SSSR count). The second kappa shape index (κ2) is 5.08. The van der Waals surface area contributed by atoms with Crippen molar-refractivity contribution in [1.82, 2.24) is 15.1 Å². The number of hydrogen-bond acceptors (Lipinski definition) is 3. The van der Waals surface area contributed by atoms with Crippen LogP contribution in [-0.4, -0.2) is 29.0 Å². The Kier molecular flexibility index (Phi) is 3.30. The average Bonchev–Trinajstić information content (AvgIpc) is 3.04. The van der Waals surface area contributed by atoms with E-state index in [4.69, 9.17) is 4.74 Å². The van der Waals surface area contributed by atoms with E-state index in [-0.39, 0.29) is 0 Å². The predicted molar refractivity (Wildman–Crippen MR) is 71.5 cm³/mol. The van der Waals surface area contributed by atoms with Crippen molar-refractivity contribution < 1.29 is 4.74 Å². The van der Waals surface area contributed by atoms with Gasteiger partial charge >= 0.3 is 0 Å². The van der Waals surface area contributed by atoms with E-state index in [0.717, 1.165) is 31.7 Å². The van der Waals surface area contributed by atoms with Crippen LogP contribution < -0.4 is 5.32 Å². The molecule has 0 radical (unpaired) electrons. The van der Waals surface area contributed by atoms with Gasteiger partial charge in [0.25, 0.3) is 0 Å². The van der Waals surface area contributed by atoms with Gasteiger partial charge in [0.05, 0.1) is 23.9 Å². The summed E-state index contributed by atoms with van der Waals surface area (Å²) in [6.45, 7) is 5.65. The lowest BCUT2D eigenvalue weighted by molar-refractivity contribution is 0.0525. The molecule has 2 aromatic rings. The molecular weight excluding hydrogens is 226 g/mol. The van der Waals surface area contributed by atoms with Crippen molar-refractivity contribution in [3.8, 4) is 0 Å². The minimum Gasteiger partial charge on any atom is -0.370 e. The smallest absolute Gasteiger partial charge is 0.0960 e. The molecule has 1 fully saturated rings.